The summed E-state index contributed by atoms with van der Waals surface area (Å²) in [6.45, 7) is 2.19. The molecule has 1 aromatic heterocycles. The fourth-order valence-corrected chi connectivity index (χ4v) is 2.42. The number of carboxylic acid groups (broad SMARTS) is 1. The molecule has 2 rings (SSSR count). The smallest absolute Gasteiger partial charge is 0.328 e. The van der Waals surface area contributed by atoms with Crippen molar-refractivity contribution in [2.45, 2.75) is 39.0 Å². The average Bonchev–Trinajstić information content (AvgIpc) is 2.63. The van der Waals surface area contributed by atoms with Gasteiger partial charge in [0.25, 0.3) is 0 Å². The summed E-state index contributed by atoms with van der Waals surface area (Å²) in [6.07, 6.45) is 15.4. The Kier molecular flexibility index (Phi) is 7.57. The normalized spacial score (nSPS) is 11.4. The Bertz CT molecular complexity index is 717. The van der Waals surface area contributed by atoms with Crippen molar-refractivity contribution in [1.29, 1.82) is 0 Å². The summed E-state index contributed by atoms with van der Waals surface area (Å²) in [5.74, 6) is -0.0269. The predicted octanol–water partition coefficient (Wildman–Crippen LogP) is 4.62. The Morgan fingerprint density at radius 2 is 1.76 bits per heavy atom. The lowest BCUT2D eigenvalue weighted by molar-refractivity contribution is -0.131. The van der Waals surface area contributed by atoms with E-state index in [0.29, 0.717) is 0 Å². The van der Waals surface area contributed by atoms with Crippen molar-refractivity contribution < 1.29 is 9.90 Å². The van der Waals surface area contributed by atoms with E-state index in [2.05, 4.69) is 41.2 Å². The first-order chi connectivity index (χ1) is 12.2. The Labute approximate surface area is 149 Å². The molecule has 1 heterocycles. The monoisotopic (exact) mass is 336 g/mol. The molecule has 0 unspecified atom stereocenters. The number of unbranched alkanes of at least 4 members (excludes halogenated alkanes) is 2. The standard InChI is InChI=1S/C21H24N2O2/c1-2-3-5-9-20-22-15-19(16-23-20)18-13-11-17(12-14-18)8-6-4-7-10-21(24)25/h4,6-7,10-16H,2-3,5,8-9H2,1H3,(H,24,25). The largest absolute Gasteiger partial charge is 0.478 e. The van der Waals surface area contributed by atoms with Crippen molar-refractivity contribution in [1.82, 2.24) is 9.97 Å². The minimum Gasteiger partial charge on any atom is -0.478 e. The highest BCUT2D eigenvalue weighted by Crippen LogP contribution is 2.18. The fourth-order valence-electron chi connectivity index (χ4n) is 2.42. The van der Waals surface area contributed by atoms with Crippen molar-refractivity contribution in [3.63, 3.8) is 0 Å². The van der Waals surface area contributed by atoms with Crippen molar-refractivity contribution in [3.8, 4) is 11.1 Å². The zero-order chi connectivity index (χ0) is 17.9. The molecule has 1 aromatic carbocycles. The maximum Gasteiger partial charge on any atom is 0.328 e. The van der Waals surface area contributed by atoms with Crippen molar-refractivity contribution in [2.75, 3.05) is 0 Å². The van der Waals surface area contributed by atoms with Crippen LogP contribution in [0.1, 0.15) is 37.6 Å². The van der Waals surface area contributed by atoms with Crippen LogP contribution in [0.2, 0.25) is 0 Å². The molecule has 0 saturated carbocycles. The number of aliphatic carboxylic acids is 1. The van der Waals surface area contributed by atoms with Crippen LogP contribution in [0.5, 0.6) is 0 Å². The van der Waals surface area contributed by atoms with E-state index in [-0.39, 0.29) is 0 Å². The Hall–Kier alpha value is -2.75. The number of nitrogens with zero attached hydrogens (tertiary/aromatic N) is 2. The van der Waals surface area contributed by atoms with E-state index in [9.17, 15) is 4.79 Å². The van der Waals surface area contributed by atoms with Gasteiger partial charge in [-0.15, -0.1) is 0 Å². The number of allylic oxidation sites excluding steroid dienone is 3. The number of aryl methyl sites for hydroxylation is 1. The van der Waals surface area contributed by atoms with Crippen LogP contribution in [0, 0.1) is 0 Å². The molecule has 4 heteroatoms. The van der Waals surface area contributed by atoms with Crippen molar-refractivity contribution >= 4 is 5.97 Å². The SMILES string of the molecule is CCCCCc1ncc(-c2ccc(CC=CC=CC(=O)O)cc2)cn1. The average molecular weight is 336 g/mol. The van der Waals surface area contributed by atoms with Crippen LogP contribution >= 0.6 is 0 Å². The van der Waals surface area contributed by atoms with E-state index in [4.69, 9.17) is 5.11 Å². The zero-order valence-corrected chi connectivity index (χ0v) is 14.6. The number of carboxylic acids is 1. The molecule has 0 aliphatic rings. The summed E-state index contributed by atoms with van der Waals surface area (Å²) in [4.78, 5) is 19.3. The maximum atomic E-state index is 10.4. The van der Waals surface area contributed by atoms with Gasteiger partial charge in [-0.1, -0.05) is 62.3 Å². The molecule has 130 valence electrons. The van der Waals surface area contributed by atoms with Gasteiger partial charge in [-0.25, -0.2) is 14.8 Å². The molecule has 0 saturated heterocycles. The number of hydrogen-bond donors (Lipinski definition) is 1. The van der Waals surface area contributed by atoms with Gasteiger partial charge in [0, 0.05) is 30.5 Å². The highest BCUT2D eigenvalue weighted by atomic mass is 16.4. The van der Waals surface area contributed by atoms with Gasteiger partial charge in [-0.05, 0) is 24.0 Å². The lowest BCUT2D eigenvalue weighted by Gasteiger charge is -2.04. The van der Waals surface area contributed by atoms with Crippen LogP contribution in [0.4, 0.5) is 0 Å². The minimum absolute atomic E-state index is 0.761. The second-order valence-electron chi connectivity index (χ2n) is 5.87. The molecule has 0 radical (unpaired) electrons. The maximum absolute atomic E-state index is 10.4. The van der Waals surface area contributed by atoms with E-state index < -0.39 is 5.97 Å². The Balaban J connectivity index is 1.91. The van der Waals surface area contributed by atoms with Crippen LogP contribution in [-0.4, -0.2) is 21.0 Å². The molecular weight excluding hydrogens is 312 g/mol. The highest BCUT2D eigenvalue weighted by molar-refractivity contribution is 5.80. The van der Waals surface area contributed by atoms with Crippen molar-refractivity contribution in [2.24, 2.45) is 0 Å². The quantitative estimate of drug-likeness (QED) is 0.412. The lowest BCUT2D eigenvalue weighted by atomic mass is 10.0. The summed E-state index contributed by atoms with van der Waals surface area (Å²) in [6, 6.07) is 8.25. The van der Waals surface area contributed by atoms with E-state index in [1.165, 1.54) is 24.5 Å². The van der Waals surface area contributed by atoms with E-state index in [1.807, 2.05) is 18.5 Å². The molecule has 0 atom stereocenters. The molecule has 0 amide bonds. The van der Waals surface area contributed by atoms with Gasteiger partial charge < -0.3 is 5.11 Å². The lowest BCUT2D eigenvalue weighted by Crippen LogP contribution is -1.95. The third-order valence-corrected chi connectivity index (χ3v) is 3.84. The topological polar surface area (TPSA) is 63.1 Å². The summed E-state index contributed by atoms with van der Waals surface area (Å²) in [5, 5.41) is 8.51. The van der Waals surface area contributed by atoms with Crippen LogP contribution in [-0.2, 0) is 17.6 Å². The number of hydrogen-bond acceptors (Lipinski definition) is 3. The molecule has 0 aliphatic heterocycles. The summed E-state index contributed by atoms with van der Waals surface area (Å²) >= 11 is 0. The van der Waals surface area contributed by atoms with Crippen molar-refractivity contribution in [3.05, 3.63) is 72.4 Å². The zero-order valence-electron chi connectivity index (χ0n) is 14.6. The second-order valence-corrected chi connectivity index (χ2v) is 5.87. The molecule has 0 spiro atoms. The number of carbonyl (C=O) groups is 1. The first kappa shape index (κ1) is 18.6. The predicted molar refractivity (Wildman–Crippen MR) is 100 cm³/mol. The number of aromatic nitrogens is 2. The molecule has 0 bridgehead atoms. The summed E-state index contributed by atoms with van der Waals surface area (Å²) in [5.41, 5.74) is 3.28. The van der Waals surface area contributed by atoms with Gasteiger partial charge in [0.05, 0.1) is 0 Å². The van der Waals surface area contributed by atoms with Gasteiger partial charge in [0.2, 0.25) is 0 Å². The van der Waals surface area contributed by atoms with Crippen LogP contribution in [0.3, 0.4) is 0 Å². The summed E-state index contributed by atoms with van der Waals surface area (Å²) in [7, 11) is 0. The minimum atomic E-state index is -0.937. The molecule has 2 aromatic rings. The van der Waals surface area contributed by atoms with E-state index in [0.717, 1.165) is 42.3 Å². The van der Waals surface area contributed by atoms with E-state index in [1.54, 1.807) is 6.08 Å². The molecule has 4 nitrogen and oxygen atoms in total. The molecule has 0 fully saturated rings. The third kappa shape index (κ3) is 6.71. The first-order valence-electron chi connectivity index (χ1n) is 8.65. The highest BCUT2D eigenvalue weighted by Gasteiger charge is 2.01. The van der Waals surface area contributed by atoms with Gasteiger partial charge in [0.15, 0.2) is 0 Å². The molecule has 0 aliphatic carbocycles. The van der Waals surface area contributed by atoms with Crippen LogP contribution < -0.4 is 0 Å². The van der Waals surface area contributed by atoms with Gasteiger partial charge >= 0.3 is 5.97 Å². The van der Waals surface area contributed by atoms with Gasteiger partial charge in [-0.3, -0.25) is 0 Å². The van der Waals surface area contributed by atoms with Gasteiger partial charge in [0.1, 0.15) is 5.82 Å². The van der Waals surface area contributed by atoms with Crippen LogP contribution in [0.15, 0.2) is 61.0 Å². The van der Waals surface area contributed by atoms with Crippen LogP contribution in [0.25, 0.3) is 11.1 Å². The summed E-state index contributed by atoms with van der Waals surface area (Å²) < 4.78 is 0. The molecular formula is C21H24N2O2. The number of benzene rings is 1. The van der Waals surface area contributed by atoms with Gasteiger partial charge in [-0.2, -0.15) is 0 Å². The third-order valence-electron chi connectivity index (χ3n) is 3.84. The molecule has 25 heavy (non-hydrogen) atoms. The molecule has 1 N–H and O–H groups in total. The Morgan fingerprint density at radius 3 is 2.40 bits per heavy atom. The van der Waals surface area contributed by atoms with E-state index >= 15 is 0 Å². The Morgan fingerprint density at radius 1 is 1.04 bits per heavy atom. The second kappa shape index (κ2) is 10.2. The first-order valence-corrected chi connectivity index (χ1v) is 8.65. The number of rotatable bonds is 9. The fraction of sp³-hybridized carbons (Fsp3) is 0.286.